The van der Waals surface area contributed by atoms with Gasteiger partial charge < -0.3 is 4.90 Å². The van der Waals surface area contributed by atoms with Crippen LogP contribution in [0.1, 0.15) is 34.3 Å². The zero-order valence-corrected chi connectivity index (χ0v) is 17.5. The average Bonchev–Trinajstić information content (AvgIpc) is 3.46. The molecular formula is C19H20ClN3O5S. The molecule has 0 heterocycles. The van der Waals surface area contributed by atoms with E-state index in [4.69, 9.17) is 11.6 Å². The third kappa shape index (κ3) is 4.92. The Morgan fingerprint density at radius 2 is 1.97 bits per heavy atom. The predicted octanol–water partition coefficient (Wildman–Crippen LogP) is 3.27. The molecular weight excluding hydrogens is 418 g/mol. The summed E-state index contributed by atoms with van der Waals surface area (Å²) in [6.07, 6.45) is 1.62. The minimum Gasteiger partial charge on any atom is -0.337 e. The number of aryl methyl sites for hydroxylation is 1. The molecule has 0 saturated heterocycles. The van der Waals surface area contributed by atoms with Crippen LogP contribution in [0.15, 0.2) is 41.3 Å². The first-order valence-corrected chi connectivity index (χ1v) is 10.8. The Morgan fingerprint density at radius 1 is 1.28 bits per heavy atom. The van der Waals surface area contributed by atoms with Crippen molar-refractivity contribution in [1.29, 1.82) is 0 Å². The third-order valence-corrected chi connectivity index (χ3v) is 6.53. The van der Waals surface area contributed by atoms with Crippen LogP contribution in [0.4, 0.5) is 5.69 Å². The van der Waals surface area contributed by atoms with E-state index in [1.807, 2.05) is 0 Å². The van der Waals surface area contributed by atoms with Gasteiger partial charge in [0.2, 0.25) is 10.0 Å². The number of hydrogen-bond acceptors (Lipinski definition) is 5. The molecule has 154 valence electrons. The van der Waals surface area contributed by atoms with Gasteiger partial charge in [-0.25, -0.2) is 13.1 Å². The van der Waals surface area contributed by atoms with Crippen LogP contribution in [0.25, 0.3) is 0 Å². The van der Waals surface area contributed by atoms with Gasteiger partial charge in [0.15, 0.2) is 0 Å². The number of non-ortho nitro benzene ring substituents is 1. The van der Waals surface area contributed by atoms with Crippen LogP contribution in [0, 0.1) is 17.0 Å². The monoisotopic (exact) mass is 437 g/mol. The van der Waals surface area contributed by atoms with Crippen LogP contribution in [-0.4, -0.2) is 37.2 Å². The average molecular weight is 438 g/mol. The van der Waals surface area contributed by atoms with E-state index in [-0.39, 0.29) is 28.7 Å². The highest BCUT2D eigenvalue weighted by Gasteiger charge is 2.29. The van der Waals surface area contributed by atoms with Gasteiger partial charge in [0.25, 0.3) is 11.6 Å². The maximum absolute atomic E-state index is 12.9. The van der Waals surface area contributed by atoms with Gasteiger partial charge in [-0.2, -0.15) is 0 Å². The number of nitro benzene ring substituents is 1. The quantitative estimate of drug-likeness (QED) is 0.528. The number of carbonyl (C=O) groups is 1. The fourth-order valence-electron chi connectivity index (χ4n) is 2.82. The fourth-order valence-corrected chi connectivity index (χ4v) is 4.32. The maximum Gasteiger partial charge on any atom is 0.269 e. The second-order valence-corrected chi connectivity index (χ2v) is 9.19. The van der Waals surface area contributed by atoms with Crippen molar-refractivity contribution in [1.82, 2.24) is 9.62 Å². The van der Waals surface area contributed by atoms with E-state index in [2.05, 4.69) is 4.72 Å². The highest BCUT2D eigenvalue weighted by Crippen LogP contribution is 2.26. The molecule has 0 radical (unpaired) electrons. The molecule has 0 aromatic heterocycles. The Bertz CT molecular complexity index is 1080. The van der Waals surface area contributed by atoms with Gasteiger partial charge in [-0.3, -0.25) is 14.9 Å². The Balaban J connectivity index is 1.85. The summed E-state index contributed by atoms with van der Waals surface area (Å²) in [5.41, 5.74) is 1.17. The van der Waals surface area contributed by atoms with Crippen molar-refractivity contribution < 1.29 is 18.1 Å². The number of halogens is 1. The number of nitrogens with zero attached hydrogens (tertiary/aromatic N) is 2. The predicted molar refractivity (Wildman–Crippen MR) is 108 cm³/mol. The van der Waals surface area contributed by atoms with Crippen LogP contribution >= 0.6 is 11.6 Å². The Morgan fingerprint density at radius 3 is 2.59 bits per heavy atom. The lowest BCUT2D eigenvalue weighted by Gasteiger charge is -2.20. The lowest BCUT2D eigenvalue weighted by molar-refractivity contribution is -0.384. The normalized spacial score (nSPS) is 13.9. The highest BCUT2D eigenvalue weighted by molar-refractivity contribution is 7.89. The molecule has 0 aliphatic heterocycles. The van der Waals surface area contributed by atoms with E-state index in [9.17, 15) is 23.3 Å². The molecule has 2 aromatic rings. The number of sulfonamides is 1. The molecule has 10 heteroatoms. The van der Waals surface area contributed by atoms with E-state index in [0.717, 1.165) is 12.8 Å². The van der Waals surface area contributed by atoms with Crippen molar-refractivity contribution in [3.63, 3.8) is 0 Å². The first-order valence-electron chi connectivity index (χ1n) is 8.90. The molecule has 8 nitrogen and oxygen atoms in total. The summed E-state index contributed by atoms with van der Waals surface area (Å²) < 4.78 is 27.5. The van der Waals surface area contributed by atoms with Crippen molar-refractivity contribution in [2.24, 2.45) is 0 Å². The van der Waals surface area contributed by atoms with E-state index >= 15 is 0 Å². The number of benzene rings is 2. The number of rotatable bonds is 7. The summed E-state index contributed by atoms with van der Waals surface area (Å²) >= 11 is 6.12. The smallest absolute Gasteiger partial charge is 0.269 e. The molecule has 0 spiro atoms. The first-order chi connectivity index (χ1) is 13.6. The molecule has 3 rings (SSSR count). The van der Waals surface area contributed by atoms with Crippen molar-refractivity contribution in [3.8, 4) is 0 Å². The van der Waals surface area contributed by atoms with E-state index in [1.54, 1.807) is 13.0 Å². The van der Waals surface area contributed by atoms with E-state index in [1.165, 1.54) is 42.3 Å². The van der Waals surface area contributed by atoms with Gasteiger partial charge in [0.1, 0.15) is 0 Å². The molecule has 1 aliphatic carbocycles. The summed E-state index contributed by atoms with van der Waals surface area (Å²) in [5, 5.41) is 11.3. The van der Waals surface area contributed by atoms with E-state index < -0.39 is 20.9 Å². The van der Waals surface area contributed by atoms with Crippen molar-refractivity contribution in [2.75, 3.05) is 7.05 Å². The third-order valence-electron chi connectivity index (χ3n) is 4.64. The van der Waals surface area contributed by atoms with Crippen molar-refractivity contribution >= 4 is 33.2 Å². The summed E-state index contributed by atoms with van der Waals surface area (Å²) in [5.74, 6) is -0.409. The summed E-state index contributed by atoms with van der Waals surface area (Å²) in [4.78, 5) is 24.8. The SMILES string of the molecule is Cc1ccc(S(=O)(=O)NC2CC2)cc1C(=O)N(C)Cc1cc([N+](=O)[O-])ccc1Cl. The van der Waals surface area contributed by atoms with Crippen LogP contribution in [-0.2, 0) is 16.6 Å². The van der Waals surface area contributed by atoms with Crippen LogP contribution in [0.2, 0.25) is 5.02 Å². The van der Waals surface area contributed by atoms with Crippen LogP contribution < -0.4 is 4.72 Å². The van der Waals surface area contributed by atoms with Crippen LogP contribution in [0.5, 0.6) is 0 Å². The van der Waals surface area contributed by atoms with Crippen molar-refractivity contribution in [2.45, 2.75) is 37.2 Å². The fraction of sp³-hybridized carbons (Fsp3) is 0.316. The van der Waals surface area contributed by atoms with Gasteiger partial charge in [-0.05, 0) is 49.1 Å². The standard InChI is InChI=1S/C19H20ClN3O5S/c1-12-3-7-16(29(27,28)21-14-4-5-14)10-17(12)19(24)22(2)11-13-9-15(23(25)26)6-8-18(13)20/h3,6-10,14,21H,4-5,11H2,1-2H3. The zero-order valence-electron chi connectivity index (χ0n) is 15.9. The molecule has 0 atom stereocenters. The summed E-state index contributed by atoms with van der Waals surface area (Å²) in [6.45, 7) is 1.75. The molecule has 29 heavy (non-hydrogen) atoms. The molecule has 0 unspecified atom stereocenters. The van der Waals surface area contributed by atoms with Gasteiger partial charge >= 0.3 is 0 Å². The minimum absolute atomic E-state index is 0.0279. The molecule has 1 saturated carbocycles. The lowest BCUT2D eigenvalue weighted by Crippen LogP contribution is -2.29. The Kier molecular flexibility index (Phi) is 5.92. The molecule has 1 fully saturated rings. The molecule has 1 N–H and O–H groups in total. The van der Waals surface area contributed by atoms with Gasteiger partial charge in [0.05, 0.1) is 9.82 Å². The number of carbonyl (C=O) groups excluding carboxylic acids is 1. The summed E-state index contributed by atoms with van der Waals surface area (Å²) in [7, 11) is -2.16. The first kappa shape index (κ1) is 21.2. The van der Waals surface area contributed by atoms with Gasteiger partial charge in [-0.1, -0.05) is 17.7 Å². The van der Waals surface area contributed by atoms with Crippen molar-refractivity contribution in [3.05, 3.63) is 68.2 Å². The van der Waals surface area contributed by atoms with E-state index in [0.29, 0.717) is 16.1 Å². The van der Waals surface area contributed by atoms with Crippen LogP contribution in [0.3, 0.4) is 0 Å². The van der Waals surface area contributed by atoms with Gasteiger partial charge in [0, 0.05) is 42.4 Å². The minimum atomic E-state index is -3.69. The number of amides is 1. The molecule has 1 amide bonds. The zero-order chi connectivity index (χ0) is 21.3. The maximum atomic E-state index is 12.9. The number of hydrogen-bond donors (Lipinski definition) is 1. The second-order valence-electron chi connectivity index (χ2n) is 7.07. The lowest BCUT2D eigenvalue weighted by atomic mass is 10.1. The molecule has 0 bridgehead atoms. The topological polar surface area (TPSA) is 110 Å². The number of nitrogens with one attached hydrogen (secondary N) is 1. The highest BCUT2D eigenvalue weighted by atomic mass is 35.5. The second kappa shape index (κ2) is 8.10. The Labute approximate surface area is 173 Å². The number of nitro groups is 1. The summed E-state index contributed by atoms with van der Waals surface area (Å²) in [6, 6.07) is 8.39. The van der Waals surface area contributed by atoms with Gasteiger partial charge in [-0.15, -0.1) is 0 Å². The largest absolute Gasteiger partial charge is 0.337 e. The Hall–Kier alpha value is -2.49. The molecule has 2 aromatic carbocycles. The molecule has 1 aliphatic rings.